The van der Waals surface area contributed by atoms with Crippen LogP contribution < -0.4 is 0 Å². The Morgan fingerprint density at radius 1 is 1.70 bits per heavy atom. The van der Waals surface area contributed by atoms with Crippen LogP contribution in [0.3, 0.4) is 0 Å². The van der Waals surface area contributed by atoms with Crippen LogP contribution in [-0.2, 0) is 0 Å². The van der Waals surface area contributed by atoms with Gasteiger partial charge in [0.1, 0.15) is 0 Å². The van der Waals surface area contributed by atoms with Gasteiger partial charge >= 0.3 is 0 Å². The molecule has 0 radical (unpaired) electrons. The number of halogens is 1. The molecule has 0 N–H and O–H groups in total. The van der Waals surface area contributed by atoms with E-state index in [4.69, 9.17) is 0 Å². The molecule has 1 aromatic rings. The molecule has 0 aliphatic carbocycles. The lowest BCUT2D eigenvalue weighted by molar-refractivity contribution is 0.112. The second-order valence-electron chi connectivity index (χ2n) is 1.97. The largest absolute Gasteiger partial charge is 0.298 e. The highest BCUT2D eigenvalue weighted by molar-refractivity contribution is 14.1. The van der Waals surface area contributed by atoms with Crippen molar-refractivity contribution < 1.29 is 4.79 Å². The first-order chi connectivity index (χ1) is 4.74. The van der Waals surface area contributed by atoms with Crippen LogP contribution in [0.4, 0.5) is 0 Å². The fourth-order valence-corrected chi connectivity index (χ4v) is 1.34. The number of aryl methyl sites for hydroxylation is 1. The molecule has 2 nitrogen and oxygen atoms in total. The number of aldehydes is 1. The molecule has 0 aliphatic rings. The predicted molar refractivity (Wildman–Crippen MR) is 47.1 cm³/mol. The zero-order valence-corrected chi connectivity index (χ0v) is 7.62. The SMILES string of the molecule is Cc1cc(I)c(C=O)cn1. The number of carbonyl (C=O) groups excluding carboxylic acids is 1. The Kier molecular flexibility index (Phi) is 2.37. The summed E-state index contributed by atoms with van der Waals surface area (Å²) in [7, 11) is 0. The van der Waals surface area contributed by atoms with Crippen molar-refractivity contribution in [2.75, 3.05) is 0 Å². The summed E-state index contributed by atoms with van der Waals surface area (Å²) < 4.78 is 0.958. The van der Waals surface area contributed by atoms with Crippen molar-refractivity contribution in [3.8, 4) is 0 Å². The summed E-state index contributed by atoms with van der Waals surface area (Å²) in [5, 5.41) is 0. The Labute approximate surface area is 72.8 Å². The fraction of sp³-hybridized carbons (Fsp3) is 0.143. The van der Waals surface area contributed by atoms with E-state index in [0.717, 1.165) is 15.6 Å². The molecule has 0 spiro atoms. The van der Waals surface area contributed by atoms with Crippen molar-refractivity contribution in [2.24, 2.45) is 0 Å². The van der Waals surface area contributed by atoms with Crippen LogP contribution in [0.1, 0.15) is 16.1 Å². The molecule has 3 heteroatoms. The van der Waals surface area contributed by atoms with Crippen LogP contribution in [0.2, 0.25) is 0 Å². The first-order valence-electron chi connectivity index (χ1n) is 2.81. The summed E-state index contributed by atoms with van der Waals surface area (Å²) >= 11 is 2.11. The molecule has 0 aromatic carbocycles. The van der Waals surface area contributed by atoms with E-state index in [1.54, 1.807) is 6.20 Å². The lowest BCUT2D eigenvalue weighted by atomic mass is 10.3. The quantitative estimate of drug-likeness (QED) is 0.559. The fourth-order valence-electron chi connectivity index (χ4n) is 0.624. The van der Waals surface area contributed by atoms with Gasteiger partial charge in [0.25, 0.3) is 0 Å². The third kappa shape index (κ3) is 1.53. The zero-order chi connectivity index (χ0) is 7.56. The van der Waals surface area contributed by atoms with Gasteiger partial charge in [0.2, 0.25) is 0 Å². The Balaban J connectivity index is 3.19. The number of rotatable bonds is 1. The molecular formula is C7H6INO. The third-order valence-electron chi connectivity index (χ3n) is 1.15. The molecule has 52 valence electrons. The highest BCUT2D eigenvalue weighted by atomic mass is 127. The van der Waals surface area contributed by atoms with Crippen molar-refractivity contribution in [3.63, 3.8) is 0 Å². The van der Waals surface area contributed by atoms with E-state index in [1.165, 1.54) is 0 Å². The van der Waals surface area contributed by atoms with Gasteiger partial charge < -0.3 is 0 Å². The molecule has 0 saturated carbocycles. The molecule has 0 aliphatic heterocycles. The number of aromatic nitrogens is 1. The maximum absolute atomic E-state index is 10.3. The van der Waals surface area contributed by atoms with Gasteiger partial charge in [0.15, 0.2) is 6.29 Å². The lowest BCUT2D eigenvalue weighted by Gasteiger charge is -1.95. The van der Waals surface area contributed by atoms with Crippen molar-refractivity contribution in [1.29, 1.82) is 0 Å². The molecule has 10 heavy (non-hydrogen) atoms. The van der Waals surface area contributed by atoms with E-state index >= 15 is 0 Å². The van der Waals surface area contributed by atoms with Gasteiger partial charge in [-0.15, -0.1) is 0 Å². The third-order valence-corrected chi connectivity index (χ3v) is 2.08. The van der Waals surface area contributed by atoms with Gasteiger partial charge in [-0.1, -0.05) is 0 Å². The van der Waals surface area contributed by atoms with Crippen LogP contribution in [-0.4, -0.2) is 11.3 Å². The van der Waals surface area contributed by atoms with Crippen molar-refractivity contribution in [3.05, 3.63) is 27.1 Å². The van der Waals surface area contributed by atoms with Gasteiger partial charge in [0, 0.05) is 21.0 Å². The lowest BCUT2D eigenvalue weighted by Crippen LogP contribution is -1.89. The van der Waals surface area contributed by atoms with Crippen molar-refractivity contribution in [1.82, 2.24) is 4.98 Å². The summed E-state index contributed by atoms with van der Waals surface area (Å²) in [6.45, 7) is 1.90. The first kappa shape index (κ1) is 7.65. The summed E-state index contributed by atoms with van der Waals surface area (Å²) in [4.78, 5) is 14.3. The van der Waals surface area contributed by atoms with E-state index in [1.807, 2.05) is 13.0 Å². The molecule has 0 unspecified atom stereocenters. The number of pyridine rings is 1. The smallest absolute Gasteiger partial charge is 0.152 e. The van der Waals surface area contributed by atoms with Crippen molar-refractivity contribution >= 4 is 28.9 Å². The number of carbonyl (C=O) groups is 1. The van der Waals surface area contributed by atoms with Gasteiger partial charge in [-0.05, 0) is 35.6 Å². The van der Waals surface area contributed by atoms with E-state index in [-0.39, 0.29) is 0 Å². The van der Waals surface area contributed by atoms with Gasteiger partial charge in [-0.2, -0.15) is 0 Å². The minimum absolute atomic E-state index is 0.659. The van der Waals surface area contributed by atoms with E-state index in [9.17, 15) is 4.79 Å². The van der Waals surface area contributed by atoms with Gasteiger partial charge in [-0.3, -0.25) is 9.78 Å². The minimum atomic E-state index is 0.659. The Bertz CT molecular complexity index is 260. The normalized spacial score (nSPS) is 9.40. The minimum Gasteiger partial charge on any atom is -0.298 e. The summed E-state index contributed by atoms with van der Waals surface area (Å²) in [6, 6.07) is 1.88. The molecule has 0 atom stereocenters. The van der Waals surface area contributed by atoms with Gasteiger partial charge in [-0.25, -0.2) is 0 Å². The second-order valence-corrected chi connectivity index (χ2v) is 3.13. The Morgan fingerprint density at radius 2 is 2.40 bits per heavy atom. The molecule has 1 heterocycles. The first-order valence-corrected chi connectivity index (χ1v) is 3.89. The second kappa shape index (κ2) is 3.09. The van der Waals surface area contributed by atoms with Crippen LogP contribution in [0, 0.1) is 10.5 Å². The average Bonchev–Trinajstić information content (AvgIpc) is 1.88. The van der Waals surface area contributed by atoms with Crippen LogP contribution in [0.5, 0.6) is 0 Å². The van der Waals surface area contributed by atoms with Crippen LogP contribution in [0.15, 0.2) is 12.3 Å². The molecule has 1 rings (SSSR count). The Hall–Kier alpha value is -0.450. The molecule has 0 bridgehead atoms. The summed E-state index contributed by atoms with van der Waals surface area (Å²) in [5.74, 6) is 0. The summed E-state index contributed by atoms with van der Waals surface area (Å²) in [6.07, 6.45) is 2.40. The number of hydrogen-bond acceptors (Lipinski definition) is 2. The number of nitrogens with zero attached hydrogens (tertiary/aromatic N) is 1. The van der Waals surface area contributed by atoms with Gasteiger partial charge in [0.05, 0.1) is 0 Å². The van der Waals surface area contributed by atoms with E-state index in [0.29, 0.717) is 5.56 Å². The van der Waals surface area contributed by atoms with Crippen LogP contribution >= 0.6 is 22.6 Å². The molecule has 0 amide bonds. The van der Waals surface area contributed by atoms with E-state index in [2.05, 4.69) is 27.6 Å². The average molecular weight is 247 g/mol. The molecule has 1 aromatic heterocycles. The highest BCUT2D eigenvalue weighted by Gasteiger charge is 1.96. The maximum Gasteiger partial charge on any atom is 0.152 e. The molecule has 0 fully saturated rings. The topological polar surface area (TPSA) is 30.0 Å². The predicted octanol–water partition coefficient (Wildman–Crippen LogP) is 1.81. The monoisotopic (exact) mass is 247 g/mol. The highest BCUT2D eigenvalue weighted by Crippen LogP contribution is 2.09. The maximum atomic E-state index is 10.3. The molecular weight excluding hydrogens is 241 g/mol. The zero-order valence-electron chi connectivity index (χ0n) is 5.47. The van der Waals surface area contributed by atoms with Crippen molar-refractivity contribution in [2.45, 2.75) is 6.92 Å². The number of hydrogen-bond donors (Lipinski definition) is 0. The van der Waals surface area contributed by atoms with Crippen LogP contribution in [0.25, 0.3) is 0 Å². The summed E-state index contributed by atoms with van der Waals surface area (Å²) in [5.41, 5.74) is 1.60. The standard InChI is InChI=1S/C7H6INO/c1-5-2-7(8)6(4-10)3-9-5/h2-4H,1H3. The Morgan fingerprint density at radius 3 is 2.90 bits per heavy atom. The van der Waals surface area contributed by atoms with E-state index < -0.39 is 0 Å². The molecule has 0 saturated heterocycles.